The number of rotatable bonds is 6. The summed E-state index contributed by atoms with van der Waals surface area (Å²) in [5, 5.41) is 8.65. The second-order valence-electron chi connectivity index (χ2n) is 5.26. The minimum atomic E-state index is -1.12. The van der Waals surface area contributed by atoms with Crippen LogP contribution < -0.4 is 5.73 Å². The minimum Gasteiger partial charge on any atom is -0.480 e. The molecule has 1 unspecified atom stereocenters. The summed E-state index contributed by atoms with van der Waals surface area (Å²) in [6.45, 7) is 0.704. The number of carbonyl (C=O) groups excluding carboxylic acids is 1. The Morgan fingerprint density at radius 3 is 2.50 bits per heavy atom. The van der Waals surface area contributed by atoms with E-state index >= 15 is 0 Å². The van der Waals surface area contributed by atoms with Crippen LogP contribution in [0, 0.1) is 5.92 Å². The molecule has 0 aromatic heterocycles. The third-order valence-electron chi connectivity index (χ3n) is 3.73. The summed E-state index contributed by atoms with van der Waals surface area (Å²) in [4.78, 5) is 23.9. The lowest BCUT2D eigenvalue weighted by Gasteiger charge is -2.25. The van der Waals surface area contributed by atoms with Crippen molar-refractivity contribution in [3.63, 3.8) is 0 Å². The molecule has 1 rings (SSSR count). The molecule has 104 valence electrons. The predicted molar refractivity (Wildman–Crippen MR) is 69.1 cm³/mol. The molecule has 0 radical (unpaired) electrons. The summed E-state index contributed by atoms with van der Waals surface area (Å²) in [6, 6.07) is -1.09. The van der Waals surface area contributed by atoms with E-state index in [1.807, 2.05) is 0 Å². The molecular formula is C13H24N2O3. The van der Waals surface area contributed by atoms with Crippen LogP contribution in [0.5, 0.6) is 0 Å². The van der Waals surface area contributed by atoms with E-state index in [4.69, 9.17) is 10.8 Å². The first-order valence-electron chi connectivity index (χ1n) is 6.73. The molecule has 0 aromatic rings. The number of nitrogens with zero attached hydrogens (tertiary/aromatic N) is 1. The predicted octanol–water partition coefficient (Wildman–Crippen LogP) is 1.22. The SMILES string of the molecule is CN(CCC1CCCCC1)C(=O)CC(N)C(=O)O. The molecule has 1 atom stereocenters. The number of carbonyl (C=O) groups is 2. The molecule has 18 heavy (non-hydrogen) atoms. The number of hydrogen-bond donors (Lipinski definition) is 2. The first-order valence-corrected chi connectivity index (χ1v) is 6.73. The molecular weight excluding hydrogens is 232 g/mol. The normalized spacial score (nSPS) is 18.3. The highest BCUT2D eigenvalue weighted by molar-refractivity contribution is 5.84. The van der Waals surface area contributed by atoms with Gasteiger partial charge in [-0.25, -0.2) is 0 Å². The maximum Gasteiger partial charge on any atom is 0.321 e. The summed E-state index contributed by atoms with van der Waals surface area (Å²) in [5.41, 5.74) is 5.35. The number of aliphatic carboxylic acids is 1. The lowest BCUT2D eigenvalue weighted by atomic mass is 9.87. The molecule has 3 N–H and O–H groups in total. The second kappa shape index (κ2) is 7.36. The van der Waals surface area contributed by atoms with Gasteiger partial charge in [0.1, 0.15) is 6.04 Å². The molecule has 0 aromatic carbocycles. The molecule has 1 aliphatic rings. The van der Waals surface area contributed by atoms with E-state index in [0.29, 0.717) is 6.54 Å². The zero-order chi connectivity index (χ0) is 13.5. The summed E-state index contributed by atoms with van der Waals surface area (Å²) in [5.74, 6) is -0.577. The van der Waals surface area contributed by atoms with Gasteiger partial charge in [0.05, 0.1) is 6.42 Å². The highest BCUT2D eigenvalue weighted by Crippen LogP contribution is 2.26. The zero-order valence-electron chi connectivity index (χ0n) is 11.1. The van der Waals surface area contributed by atoms with Crippen molar-refractivity contribution in [3.05, 3.63) is 0 Å². The molecule has 1 fully saturated rings. The maximum absolute atomic E-state index is 11.7. The Balaban J connectivity index is 2.24. The largest absolute Gasteiger partial charge is 0.480 e. The van der Waals surface area contributed by atoms with Gasteiger partial charge < -0.3 is 15.7 Å². The zero-order valence-corrected chi connectivity index (χ0v) is 11.1. The third kappa shape index (κ3) is 5.04. The lowest BCUT2D eigenvalue weighted by molar-refractivity contribution is -0.142. The van der Waals surface area contributed by atoms with Crippen molar-refractivity contribution in [3.8, 4) is 0 Å². The Morgan fingerprint density at radius 1 is 1.33 bits per heavy atom. The second-order valence-corrected chi connectivity index (χ2v) is 5.26. The van der Waals surface area contributed by atoms with Gasteiger partial charge >= 0.3 is 5.97 Å². The molecule has 0 heterocycles. The van der Waals surface area contributed by atoms with Gasteiger partial charge in [-0.1, -0.05) is 32.1 Å². The van der Waals surface area contributed by atoms with Crippen LogP contribution in [0.2, 0.25) is 0 Å². The van der Waals surface area contributed by atoms with Crippen molar-refractivity contribution in [2.75, 3.05) is 13.6 Å². The maximum atomic E-state index is 11.7. The van der Waals surface area contributed by atoms with Crippen LogP contribution >= 0.6 is 0 Å². The number of nitrogens with two attached hydrogens (primary N) is 1. The van der Waals surface area contributed by atoms with Gasteiger partial charge in [-0.2, -0.15) is 0 Å². The molecule has 0 saturated heterocycles. The van der Waals surface area contributed by atoms with Crippen molar-refractivity contribution in [1.82, 2.24) is 4.90 Å². The first-order chi connectivity index (χ1) is 8.50. The average Bonchev–Trinajstić information content (AvgIpc) is 2.36. The van der Waals surface area contributed by atoms with Crippen LogP contribution in [0.15, 0.2) is 0 Å². The van der Waals surface area contributed by atoms with Gasteiger partial charge in [0.2, 0.25) is 5.91 Å². The fourth-order valence-electron chi connectivity index (χ4n) is 2.41. The van der Waals surface area contributed by atoms with Crippen molar-refractivity contribution in [2.24, 2.45) is 11.7 Å². The van der Waals surface area contributed by atoms with Gasteiger partial charge in [-0.15, -0.1) is 0 Å². The van der Waals surface area contributed by atoms with E-state index in [1.54, 1.807) is 11.9 Å². The minimum absolute atomic E-state index is 0.115. The van der Waals surface area contributed by atoms with Gasteiger partial charge in [0.25, 0.3) is 0 Å². The van der Waals surface area contributed by atoms with Crippen LogP contribution in [-0.2, 0) is 9.59 Å². The van der Waals surface area contributed by atoms with E-state index in [-0.39, 0.29) is 12.3 Å². The number of carboxylic acid groups (broad SMARTS) is 1. The summed E-state index contributed by atoms with van der Waals surface area (Å²) in [6.07, 6.45) is 7.35. The van der Waals surface area contributed by atoms with E-state index in [1.165, 1.54) is 32.1 Å². The summed E-state index contributed by atoms with van der Waals surface area (Å²) < 4.78 is 0. The van der Waals surface area contributed by atoms with E-state index < -0.39 is 12.0 Å². The Hall–Kier alpha value is -1.10. The Labute approximate surface area is 108 Å². The van der Waals surface area contributed by atoms with Crippen molar-refractivity contribution >= 4 is 11.9 Å². The third-order valence-corrected chi connectivity index (χ3v) is 3.73. The molecule has 1 saturated carbocycles. The molecule has 0 aliphatic heterocycles. The van der Waals surface area contributed by atoms with Gasteiger partial charge in [-0.05, 0) is 12.3 Å². The molecule has 5 nitrogen and oxygen atoms in total. The van der Waals surface area contributed by atoms with Crippen molar-refractivity contribution < 1.29 is 14.7 Å². The Morgan fingerprint density at radius 2 is 1.94 bits per heavy atom. The highest BCUT2D eigenvalue weighted by atomic mass is 16.4. The summed E-state index contributed by atoms with van der Waals surface area (Å²) in [7, 11) is 1.72. The van der Waals surface area contributed by atoms with E-state index in [2.05, 4.69) is 0 Å². The van der Waals surface area contributed by atoms with Gasteiger partial charge in [0, 0.05) is 13.6 Å². The molecule has 1 amide bonds. The van der Waals surface area contributed by atoms with Crippen LogP contribution in [-0.4, -0.2) is 41.5 Å². The van der Waals surface area contributed by atoms with Gasteiger partial charge in [0.15, 0.2) is 0 Å². The number of hydrogen-bond acceptors (Lipinski definition) is 3. The topological polar surface area (TPSA) is 83.6 Å². The van der Waals surface area contributed by atoms with Crippen molar-refractivity contribution in [1.29, 1.82) is 0 Å². The van der Waals surface area contributed by atoms with Crippen LogP contribution in [0.1, 0.15) is 44.9 Å². The van der Waals surface area contributed by atoms with Crippen molar-refractivity contribution in [2.45, 2.75) is 51.0 Å². The van der Waals surface area contributed by atoms with Crippen LogP contribution in [0.3, 0.4) is 0 Å². The van der Waals surface area contributed by atoms with Gasteiger partial charge in [-0.3, -0.25) is 9.59 Å². The smallest absolute Gasteiger partial charge is 0.321 e. The Kier molecular flexibility index (Phi) is 6.12. The highest BCUT2D eigenvalue weighted by Gasteiger charge is 2.20. The van der Waals surface area contributed by atoms with E-state index in [9.17, 15) is 9.59 Å². The van der Waals surface area contributed by atoms with Crippen LogP contribution in [0.4, 0.5) is 0 Å². The monoisotopic (exact) mass is 256 g/mol. The molecule has 5 heteroatoms. The average molecular weight is 256 g/mol. The lowest BCUT2D eigenvalue weighted by Crippen LogP contribution is -2.38. The molecule has 0 spiro atoms. The standard InChI is InChI=1S/C13H24N2O3/c1-15(12(16)9-11(14)13(17)18)8-7-10-5-3-2-4-6-10/h10-11H,2-9,14H2,1H3,(H,17,18). The fraction of sp³-hybridized carbons (Fsp3) is 0.846. The summed E-state index contributed by atoms with van der Waals surface area (Å²) >= 11 is 0. The van der Waals surface area contributed by atoms with Crippen LogP contribution in [0.25, 0.3) is 0 Å². The fourth-order valence-corrected chi connectivity index (χ4v) is 2.41. The number of amides is 1. The van der Waals surface area contributed by atoms with E-state index in [0.717, 1.165) is 12.3 Å². The quantitative estimate of drug-likeness (QED) is 0.748. The number of carboxylic acids is 1. The Bertz CT molecular complexity index is 288. The molecule has 1 aliphatic carbocycles. The molecule has 0 bridgehead atoms. The first kappa shape index (κ1) is 15.0.